The first-order valence-corrected chi connectivity index (χ1v) is 8.57. The highest BCUT2D eigenvalue weighted by molar-refractivity contribution is 9.10. The van der Waals surface area contributed by atoms with Gasteiger partial charge in [0.05, 0.1) is 0 Å². The lowest BCUT2D eigenvalue weighted by molar-refractivity contribution is 0.478. The molecule has 0 aliphatic rings. The predicted octanol–water partition coefficient (Wildman–Crippen LogP) is 5.47. The van der Waals surface area contributed by atoms with E-state index in [0.717, 1.165) is 22.9 Å². The average molecular weight is 344 g/mol. The van der Waals surface area contributed by atoms with Crippen LogP contribution in [-0.2, 0) is 6.42 Å². The van der Waals surface area contributed by atoms with Crippen LogP contribution in [0, 0.1) is 5.82 Å². The van der Waals surface area contributed by atoms with Gasteiger partial charge in [0.15, 0.2) is 0 Å². The largest absolute Gasteiger partial charge is 0.317 e. The maximum Gasteiger partial charge on any atom is 0.123 e. The zero-order valence-electron chi connectivity index (χ0n) is 12.7. The van der Waals surface area contributed by atoms with E-state index in [9.17, 15) is 4.39 Å². The summed E-state index contributed by atoms with van der Waals surface area (Å²) in [4.78, 5) is 0. The van der Waals surface area contributed by atoms with E-state index in [4.69, 9.17) is 0 Å². The molecule has 1 atom stereocenters. The first kappa shape index (κ1) is 17.6. The van der Waals surface area contributed by atoms with Gasteiger partial charge < -0.3 is 5.32 Å². The molecule has 1 rings (SSSR count). The van der Waals surface area contributed by atoms with Crippen LogP contribution in [0.25, 0.3) is 0 Å². The van der Waals surface area contributed by atoms with Gasteiger partial charge in [-0.3, -0.25) is 0 Å². The molecule has 0 spiro atoms. The van der Waals surface area contributed by atoms with Gasteiger partial charge in [-0.2, -0.15) is 0 Å². The maximum absolute atomic E-state index is 13.3. The Morgan fingerprint density at radius 2 is 1.85 bits per heavy atom. The topological polar surface area (TPSA) is 12.0 Å². The van der Waals surface area contributed by atoms with Gasteiger partial charge in [0, 0.05) is 10.5 Å². The molecule has 1 aromatic carbocycles. The zero-order chi connectivity index (χ0) is 14.8. The molecule has 0 amide bonds. The molecule has 0 aliphatic heterocycles. The summed E-state index contributed by atoms with van der Waals surface area (Å²) in [5, 5.41) is 3.36. The second-order valence-electron chi connectivity index (χ2n) is 5.48. The van der Waals surface area contributed by atoms with Crippen molar-refractivity contribution in [3.63, 3.8) is 0 Å². The Kier molecular flexibility index (Phi) is 9.12. The molecule has 20 heavy (non-hydrogen) atoms. The van der Waals surface area contributed by atoms with Crippen molar-refractivity contribution in [2.75, 3.05) is 7.05 Å². The van der Waals surface area contributed by atoms with Crippen molar-refractivity contribution in [3.05, 3.63) is 34.1 Å². The molecule has 3 heteroatoms. The highest BCUT2D eigenvalue weighted by atomic mass is 79.9. The normalized spacial score (nSPS) is 12.6. The summed E-state index contributed by atoms with van der Waals surface area (Å²) in [7, 11) is 1.99. The van der Waals surface area contributed by atoms with Gasteiger partial charge in [-0.25, -0.2) is 4.39 Å². The number of hydrogen-bond acceptors (Lipinski definition) is 1. The van der Waals surface area contributed by atoms with Crippen LogP contribution in [0.5, 0.6) is 0 Å². The SMILES string of the molecule is CCCCCCCCC(Cc1cc(F)ccc1Br)NC. The van der Waals surface area contributed by atoms with Crippen molar-refractivity contribution >= 4 is 15.9 Å². The number of nitrogens with one attached hydrogen (secondary N) is 1. The van der Waals surface area contributed by atoms with E-state index in [-0.39, 0.29) is 5.82 Å². The molecule has 1 N–H and O–H groups in total. The lowest BCUT2D eigenvalue weighted by Crippen LogP contribution is -2.27. The van der Waals surface area contributed by atoms with Crippen molar-refractivity contribution in [1.29, 1.82) is 0 Å². The van der Waals surface area contributed by atoms with Crippen molar-refractivity contribution < 1.29 is 4.39 Å². The average Bonchev–Trinajstić information content (AvgIpc) is 2.45. The summed E-state index contributed by atoms with van der Waals surface area (Å²) < 4.78 is 14.3. The van der Waals surface area contributed by atoms with Crippen LogP contribution in [0.4, 0.5) is 4.39 Å². The van der Waals surface area contributed by atoms with Crippen LogP contribution in [0.15, 0.2) is 22.7 Å². The Hall–Kier alpha value is -0.410. The van der Waals surface area contributed by atoms with Crippen LogP contribution in [0.3, 0.4) is 0 Å². The third-order valence-corrected chi connectivity index (χ3v) is 4.56. The summed E-state index contributed by atoms with van der Waals surface area (Å²) in [6.07, 6.45) is 9.95. The fourth-order valence-corrected chi connectivity index (χ4v) is 2.89. The summed E-state index contributed by atoms with van der Waals surface area (Å²) in [5.74, 6) is -0.155. The predicted molar refractivity (Wildman–Crippen MR) is 88.6 cm³/mol. The van der Waals surface area contributed by atoms with Crippen molar-refractivity contribution in [2.45, 2.75) is 64.3 Å². The molecule has 0 bridgehead atoms. The minimum Gasteiger partial charge on any atom is -0.317 e. The van der Waals surface area contributed by atoms with Crippen LogP contribution < -0.4 is 5.32 Å². The van der Waals surface area contributed by atoms with E-state index in [1.165, 1.54) is 44.6 Å². The smallest absolute Gasteiger partial charge is 0.123 e. The van der Waals surface area contributed by atoms with Gasteiger partial charge in [-0.15, -0.1) is 0 Å². The second-order valence-corrected chi connectivity index (χ2v) is 6.34. The first-order chi connectivity index (χ1) is 9.67. The number of hydrogen-bond donors (Lipinski definition) is 1. The third kappa shape index (κ3) is 6.85. The molecule has 0 heterocycles. The summed E-state index contributed by atoms with van der Waals surface area (Å²) in [6, 6.07) is 5.35. The maximum atomic E-state index is 13.3. The number of unbranched alkanes of at least 4 members (excludes halogenated alkanes) is 5. The quantitative estimate of drug-likeness (QED) is 0.555. The Balaban J connectivity index is 2.33. The summed E-state index contributed by atoms with van der Waals surface area (Å²) in [5.41, 5.74) is 1.05. The number of rotatable bonds is 10. The molecule has 0 fully saturated rings. The molecule has 114 valence electrons. The highest BCUT2D eigenvalue weighted by Gasteiger charge is 2.10. The molecular formula is C17H27BrFN. The fourth-order valence-electron chi connectivity index (χ4n) is 2.48. The standard InChI is InChI=1S/C17H27BrFN/c1-3-4-5-6-7-8-9-16(20-2)13-14-12-15(19)10-11-17(14)18/h10-12,16,20H,3-9,13H2,1-2H3. The Morgan fingerprint density at radius 3 is 2.55 bits per heavy atom. The molecule has 0 aromatic heterocycles. The number of halogens is 2. The molecule has 1 nitrogen and oxygen atoms in total. The van der Waals surface area contributed by atoms with Crippen LogP contribution in [0.1, 0.15) is 57.4 Å². The Labute approximate surface area is 131 Å². The van der Waals surface area contributed by atoms with Crippen LogP contribution in [0.2, 0.25) is 0 Å². The van der Waals surface area contributed by atoms with E-state index in [1.807, 2.05) is 7.05 Å². The summed E-state index contributed by atoms with van der Waals surface area (Å²) >= 11 is 3.50. The van der Waals surface area contributed by atoms with Gasteiger partial charge >= 0.3 is 0 Å². The lowest BCUT2D eigenvalue weighted by Gasteiger charge is -2.17. The fraction of sp³-hybridized carbons (Fsp3) is 0.647. The molecule has 0 aliphatic carbocycles. The molecule has 1 aromatic rings. The van der Waals surface area contributed by atoms with Crippen molar-refractivity contribution in [2.24, 2.45) is 0 Å². The minimum atomic E-state index is -0.155. The minimum absolute atomic E-state index is 0.155. The molecule has 1 unspecified atom stereocenters. The van der Waals surface area contributed by atoms with Gasteiger partial charge in [-0.05, 0) is 43.7 Å². The highest BCUT2D eigenvalue weighted by Crippen LogP contribution is 2.21. The van der Waals surface area contributed by atoms with Crippen molar-refractivity contribution in [3.8, 4) is 0 Å². The lowest BCUT2D eigenvalue weighted by atomic mass is 9.99. The zero-order valence-corrected chi connectivity index (χ0v) is 14.3. The van der Waals surface area contributed by atoms with Gasteiger partial charge in [0.1, 0.15) is 5.82 Å². The van der Waals surface area contributed by atoms with E-state index in [0.29, 0.717) is 6.04 Å². The van der Waals surface area contributed by atoms with Crippen LogP contribution in [-0.4, -0.2) is 13.1 Å². The van der Waals surface area contributed by atoms with E-state index in [1.54, 1.807) is 12.1 Å². The number of likely N-dealkylation sites (N-methyl/N-ethyl adjacent to an activating group) is 1. The van der Waals surface area contributed by atoms with Gasteiger partial charge in [0.2, 0.25) is 0 Å². The van der Waals surface area contributed by atoms with E-state index in [2.05, 4.69) is 28.2 Å². The van der Waals surface area contributed by atoms with Crippen molar-refractivity contribution in [1.82, 2.24) is 5.32 Å². The monoisotopic (exact) mass is 343 g/mol. The molecule has 0 saturated carbocycles. The summed E-state index contributed by atoms with van der Waals surface area (Å²) in [6.45, 7) is 2.24. The van der Waals surface area contributed by atoms with Gasteiger partial charge in [0.25, 0.3) is 0 Å². The molecule has 0 saturated heterocycles. The van der Waals surface area contributed by atoms with E-state index < -0.39 is 0 Å². The third-order valence-electron chi connectivity index (χ3n) is 3.79. The molecular weight excluding hydrogens is 317 g/mol. The van der Waals surface area contributed by atoms with E-state index >= 15 is 0 Å². The Morgan fingerprint density at radius 1 is 1.15 bits per heavy atom. The van der Waals surface area contributed by atoms with Gasteiger partial charge in [-0.1, -0.05) is 61.4 Å². The second kappa shape index (κ2) is 10.3. The van der Waals surface area contributed by atoms with Crippen LogP contribution >= 0.6 is 15.9 Å². The Bertz CT molecular complexity index is 381. The number of benzene rings is 1. The first-order valence-electron chi connectivity index (χ1n) is 7.78. The molecule has 0 radical (unpaired) electrons.